The summed E-state index contributed by atoms with van der Waals surface area (Å²) < 4.78 is 32.0. The lowest BCUT2D eigenvalue weighted by atomic mass is 10.0. The number of carbonyl (C=O) groups is 2. The third-order valence-corrected chi connectivity index (χ3v) is 6.91. The lowest BCUT2D eigenvalue weighted by molar-refractivity contribution is -0.141. The van der Waals surface area contributed by atoms with Gasteiger partial charge in [0, 0.05) is 5.39 Å². The number of nitrogens with one attached hydrogen (secondary N) is 1. The van der Waals surface area contributed by atoms with Crippen molar-refractivity contribution >= 4 is 38.4 Å². The number of anilines is 1. The molecule has 0 bridgehead atoms. The van der Waals surface area contributed by atoms with Crippen LogP contribution in [-0.2, 0) is 24.3 Å². The van der Waals surface area contributed by atoms with Gasteiger partial charge >= 0.3 is 5.97 Å². The molecule has 0 fully saturated rings. The summed E-state index contributed by atoms with van der Waals surface area (Å²) in [5.41, 5.74) is 1.20. The zero-order valence-corrected chi connectivity index (χ0v) is 17.1. The molecule has 1 atom stereocenters. The number of benzene rings is 3. The van der Waals surface area contributed by atoms with Crippen molar-refractivity contribution in [1.82, 2.24) is 5.32 Å². The van der Waals surface area contributed by atoms with Crippen LogP contribution < -0.4 is 9.62 Å². The van der Waals surface area contributed by atoms with E-state index in [1.54, 1.807) is 48.5 Å². The normalized spacial score (nSPS) is 15.0. The average molecular weight is 424 g/mol. The molecule has 4 rings (SSSR count). The number of nitrogens with zero attached hydrogens (tertiary/aromatic N) is 1. The minimum atomic E-state index is -3.84. The molecule has 3 aromatic carbocycles. The van der Waals surface area contributed by atoms with Crippen LogP contribution in [0.25, 0.3) is 10.8 Å². The molecule has 0 aromatic heterocycles. The number of esters is 1. The van der Waals surface area contributed by atoms with Crippen LogP contribution in [0, 0.1) is 0 Å². The lowest BCUT2D eigenvalue weighted by Crippen LogP contribution is -2.41. The van der Waals surface area contributed by atoms with Crippen LogP contribution in [0.3, 0.4) is 0 Å². The van der Waals surface area contributed by atoms with Crippen molar-refractivity contribution in [3.8, 4) is 0 Å². The first-order chi connectivity index (χ1) is 14.4. The van der Waals surface area contributed by atoms with E-state index in [2.05, 4.69) is 5.32 Å². The van der Waals surface area contributed by atoms with Crippen LogP contribution in [0.2, 0.25) is 0 Å². The molecule has 8 heteroatoms. The molecular formula is C22H20N2O5S. The number of amides is 1. The van der Waals surface area contributed by atoms with Crippen LogP contribution in [-0.4, -0.2) is 33.9 Å². The number of rotatable bonds is 6. The van der Waals surface area contributed by atoms with Gasteiger partial charge in [0.25, 0.3) is 10.0 Å². The molecule has 1 amide bonds. The molecule has 0 radical (unpaired) electrons. The Bertz CT molecular complexity index is 1220. The fraction of sp³-hybridized carbons (Fsp3) is 0.182. The van der Waals surface area contributed by atoms with Gasteiger partial charge in [0.2, 0.25) is 5.91 Å². The first kappa shape index (κ1) is 19.9. The van der Waals surface area contributed by atoms with Gasteiger partial charge in [0.1, 0.15) is 6.54 Å². The largest absolute Gasteiger partial charge is 0.469 e. The van der Waals surface area contributed by atoms with E-state index in [4.69, 9.17) is 4.74 Å². The van der Waals surface area contributed by atoms with Gasteiger partial charge in [-0.05, 0) is 23.1 Å². The Labute approximate surface area is 174 Å². The van der Waals surface area contributed by atoms with E-state index in [1.807, 2.05) is 18.2 Å². The number of methoxy groups -OCH3 is 1. The highest BCUT2D eigenvalue weighted by molar-refractivity contribution is 7.93. The van der Waals surface area contributed by atoms with Crippen molar-refractivity contribution < 1.29 is 22.7 Å². The maximum atomic E-state index is 13.1. The van der Waals surface area contributed by atoms with Gasteiger partial charge in [-0.1, -0.05) is 54.6 Å². The Kier molecular flexibility index (Phi) is 5.17. The highest BCUT2D eigenvalue weighted by Gasteiger charge is 2.37. The third kappa shape index (κ3) is 3.50. The van der Waals surface area contributed by atoms with E-state index in [-0.39, 0.29) is 17.9 Å². The first-order valence-corrected chi connectivity index (χ1v) is 10.8. The van der Waals surface area contributed by atoms with Crippen molar-refractivity contribution in [3.63, 3.8) is 0 Å². The fourth-order valence-electron chi connectivity index (χ4n) is 3.69. The second-order valence-electron chi connectivity index (χ2n) is 6.95. The van der Waals surface area contributed by atoms with E-state index in [0.717, 1.165) is 15.3 Å². The van der Waals surface area contributed by atoms with Crippen molar-refractivity contribution in [1.29, 1.82) is 0 Å². The van der Waals surface area contributed by atoms with Gasteiger partial charge in [-0.25, -0.2) is 8.42 Å². The molecule has 30 heavy (non-hydrogen) atoms. The molecule has 154 valence electrons. The molecule has 0 spiro atoms. The van der Waals surface area contributed by atoms with Crippen LogP contribution in [0.15, 0.2) is 71.6 Å². The van der Waals surface area contributed by atoms with Gasteiger partial charge < -0.3 is 10.1 Å². The Morgan fingerprint density at radius 2 is 1.70 bits per heavy atom. The minimum Gasteiger partial charge on any atom is -0.469 e. The molecular weight excluding hydrogens is 404 g/mol. The molecule has 0 saturated heterocycles. The summed E-state index contributed by atoms with van der Waals surface area (Å²) in [5, 5.41) is 4.18. The number of hydrogen-bond donors (Lipinski definition) is 1. The first-order valence-electron chi connectivity index (χ1n) is 9.37. The van der Waals surface area contributed by atoms with E-state index in [0.29, 0.717) is 11.1 Å². The molecule has 0 aliphatic carbocycles. The summed E-state index contributed by atoms with van der Waals surface area (Å²) in [6.07, 6.45) is -0.0607. The monoisotopic (exact) mass is 424 g/mol. The second-order valence-corrected chi connectivity index (χ2v) is 8.78. The third-order valence-electron chi connectivity index (χ3n) is 5.10. The van der Waals surface area contributed by atoms with Crippen LogP contribution in [0.1, 0.15) is 18.0 Å². The van der Waals surface area contributed by atoms with E-state index in [1.165, 1.54) is 7.11 Å². The molecule has 1 aliphatic heterocycles. The van der Waals surface area contributed by atoms with Crippen molar-refractivity contribution in [2.75, 3.05) is 18.0 Å². The molecule has 3 aromatic rings. The SMILES string of the molecule is COC(=O)CC(NC(=O)CN1c2cccc3cccc(c23)S1(=O)=O)c1ccccc1. The minimum absolute atomic E-state index is 0.0607. The van der Waals surface area contributed by atoms with Gasteiger partial charge in [0.15, 0.2) is 0 Å². The Hall–Kier alpha value is -3.39. The smallest absolute Gasteiger partial charge is 0.307 e. The van der Waals surface area contributed by atoms with Gasteiger partial charge in [-0.15, -0.1) is 0 Å². The lowest BCUT2D eigenvalue weighted by Gasteiger charge is -2.22. The van der Waals surface area contributed by atoms with Crippen molar-refractivity contribution in [2.24, 2.45) is 0 Å². The Balaban J connectivity index is 1.60. The van der Waals surface area contributed by atoms with Crippen LogP contribution in [0.4, 0.5) is 5.69 Å². The highest BCUT2D eigenvalue weighted by atomic mass is 32.2. The summed E-state index contributed by atoms with van der Waals surface area (Å²) >= 11 is 0. The fourth-order valence-corrected chi connectivity index (χ4v) is 5.35. The number of carbonyl (C=O) groups excluding carboxylic acids is 2. The zero-order chi connectivity index (χ0) is 21.3. The Morgan fingerprint density at radius 3 is 2.40 bits per heavy atom. The number of hydrogen-bond acceptors (Lipinski definition) is 5. The maximum absolute atomic E-state index is 13.1. The van der Waals surface area contributed by atoms with Gasteiger partial charge in [-0.2, -0.15) is 0 Å². The zero-order valence-electron chi connectivity index (χ0n) is 16.2. The van der Waals surface area contributed by atoms with E-state index >= 15 is 0 Å². The quantitative estimate of drug-likeness (QED) is 0.614. The summed E-state index contributed by atoms with van der Waals surface area (Å²) in [6, 6.07) is 18.7. The van der Waals surface area contributed by atoms with E-state index < -0.39 is 27.9 Å². The highest BCUT2D eigenvalue weighted by Crippen LogP contribution is 2.41. The van der Waals surface area contributed by atoms with E-state index in [9.17, 15) is 18.0 Å². The molecule has 1 N–H and O–H groups in total. The summed E-state index contributed by atoms with van der Waals surface area (Å²) in [7, 11) is -2.56. The maximum Gasteiger partial charge on any atom is 0.307 e. The standard InChI is InChI=1S/C22H20N2O5S/c1-29-21(26)13-17(15-7-3-2-4-8-15)23-20(25)14-24-18-11-5-9-16-10-6-12-19(22(16)18)30(24,27)28/h2-12,17H,13-14H2,1H3,(H,23,25). The predicted octanol–water partition coefficient (Wildman–Crippen LogP) is 2.77. The van der Waals surface area contributed by atoms with Gasteiger partial charge in [-0.3, -0.25) is 13.9 Å². The average Bonchev–Trinajstić information content (AvgIpc) is 2.97. The Morgan fingerprint density at radius 1 is 1.00 bits per heavy atom. The molecule has 1 heterocycles. The number of sulfonamides is 1. The predicted molar refractivity (Wildman–Crippen MR) is 112 cm³/mol. The molecule has 7 nitrogen and oxygen atoms in total. The van der Waals surface area contributed by atoms with Crippen molar-refractivity contribution in [3.05, 3.63) is 72.3 Å². The molecule has 0 saturated carbocycles. The summed E-state index contributed by atoms with van der Waals surface area (Å²) in [4.78, 5) is 24.9. The van der Waals surface area contributed by atoms with Crippen molar-refractivity contribution in [2.45, 2.75) is 17.4 Å². The van der Waals surface area contributed by atoms with Gasteiger partial charge in [0.05, 0.1) is 30.2 Å². The molecule has 1 unspecified atom stereocenters. The topological polar surface area (TPSA) is 92.8 Å². The summed E-state index contributed by atoms with van der Waals surface area (Å²) in [6.45, 7) is -0.388. The summed E-state index contributed by atoms with van der Waals surface area (Å²) in [5.74, 6) is -0.990. The molecule has 1 aliphatic rings. The van der Waals surface area contributed by atoms with Crippen LogP contribution >= 0.6 is 0 Å². The second kappa shape index (κ2) is 7.79. The van der Waals surface area contributed by atoms with Crippen LogP contribution in [0.5, 0.6) is 0 Å². The number of ether oxygens (including phenoxy) is 1.